The number of carbonyl (C=O) groups is 2. The number of ether oxygens (including phenoxy) is 3. The summed E-state index contributed by atoms with van der Waals surface area (Å²) in [5.74, 6) is 0.306. The number of esters is 1. The Balaban J connectivity index is 1.66. The second-order valence-corrected chi connectivity index (χ2v) is 8.60. The molecule has 3 rings (SSSR count). The van der Waals surface area contributed by atoms with Crippen molar-refractivity contribution in [3.05, 3.63) is 47.5 Å². The zero-order valence-electron chi connectivity index (χ0n) is 19.3. The third-order valence-corrected chi connectivity index (χ3v) is 5.70. The van der Waals surface area contributed by atoms with Gasteiger partial charge in [0.2, 0.25) is 0 Å². The van der Waals surface area contributed by atoms with E-state index in [0.717, 1.165) is 17.5 Å². The Morgan fingerprint density at radius 3 is 2.35 bits per heavy atom. The highest BCUT2D eigenvalue weighted by Gasteiger charge is 2.14. The summed E-state index contributed by atoms with van der Waals surface area (Å²) in [4.78, 5) is 29.4. The van der Waals surface area contributed by atoms with Gasteiger partial charge in [0.25, 0.3) is 5.91 Å². The van der Waals surface area contributed by atoms with E-state index in [0.29, 0.717) is 53.1 Å². The van der Waals surface area contributed by atoms with E-state index < -0.39 is 5.91 Å². The summed E-state index contributed by atoms with van der Waals surface area (Å²) in [6.45, 7) is 7.09. The monoisotopic (exact) mass is 501 g/mol. The van der Waals surface area contributed by atoms with Crippen molar-refractivity contribution in [2.45, 2.75) is 33.6 Å². The third kappa shape index (κ3) is 6.88. The van der Waals surface area contributed by atoms with Gasteiger partial charge in [-0.15, -0.1) is 0 Å². The lowest BCUT2D eigenvalue weighted by atomic mass is 10.2. The van der Waals surface area contributed by atoms with Gasteiger partial charge >= 0.3 is 5.97 Å². The summed E-state index contributed by atoms with van der Waals surface area (Å²) < 4.78 is 17.1. The van der Waals surface area contributed by atoms with Gasteiger partial charge in [0.05, 0.1) is 35.6 Å². The molecule has 34 heavy (non-hydrogen) atoms. The minimum absolute atomic E-state index is 0.100. The quantitative estimate of drug-likeness (QED) is 0.223. The van der Waals surface area contributed by atoms with Crippen molar-refractivity contribution >= 4 is 55.9 Å². The standard InChI is InChI=1S/C24H27N3O5S2/c1-4-7-10-32-22(29)15-8-9-19-20(13-15)34-24(25-19)27-23(33)26-21(28)16-11-17(30-5-2)14-18(12-16)31-6-3/h8-9,11-14H,4-7,10H2,1-3H3,(H2,25,26,27,28,33). The number of unbranched alkanes of at least 4 members (excludes halogenated alkanes) is 1. The molecule has 1 heterocycles. The lowest BCUT2D eigenvalue weighted by molar-refractivity contribution is 0.0500. The molecule has 0 saturated carbocycles. The maximum Gasteiger partial charge on any atom is 0.338 e. The van der Waals surface area contributed by atoms with Crippen LogP contribution in [0.3, 0.4) is 0 Å². The van der Waals surface area contributed by atoms with Crippen molar-refractivity contribution in [3.8, 4) is 11.5 Å². The molecular formula is C24H27N3O5S2. The minimum Gasteiger partial charge on any atom is -0.494 e. The number of nitrogens with zero attached hydrogens (tertiary/aromatic N) is 1. The zero-order chi connectivity index (χ0) is 24.5. The Morgan fingerprint density at radius 1 is 1.00 bits per heavy atom. The van der Waals surface area contributed by atoms with E-state index in [1.54, 1.807) is 36.4 Å². The normalized spacial score (nSPS) is 10.6. The third-order valence-electron chi connectivity index (χ3n) is 4.57. The first-order chi connectivity index (χ1) is 16.4. The predicted octanol–water partition coefficient (Wildman–Crippen LogP) is 5.18. The molecule has 0 radical (unpaired) electrons. The molecule has 0 fully saturated rings. The minimum atomic E-state index is -0.404. The molecule has 0 spiro atoms. The number of aromatic nitrogens is 1. The van der Waals surface area contributed by atoms with Crippen LogP contribution in [0.25, 0.3) is 10.2 Å². The van der Waals surface area contributed by atoms with Crippen molar-refractivity contribution in [3.63, 3.8) is 0 Å². The number of nitrogens with one attached hydrogen (secondary N) is 2. The number of benzene rings is 2. The van der Waals surface area contributed by atoms with Crippen LogP contribution in [0.1, 0.15) is 54.3 Å². The molecule has 0 aliphatic carbocycles. The van der Waals surface area contributed by atoms with Crippen LogP contribution in [0.4, 0.5) is 5.13 Å². The zero-order valence-corrected chi connectivity index (χ0v) is 20.9. The van der Waals surface area contributed by atoms with Crippen molar-refractivity contribution in [2.75, 3.05) is 25.1 Å². The average molecular weight is 502 g/mol. The van der Waals surface area contributed by atoms with Gasteiger partial charge in [-0.3, -0.25) is 10.1 Å². The van der Waals surface area contributed by atoms with Gasteiger partial charge in [-0.2, -0.15) is 0 Å². The maximum atomic E-state index is 12.7. The molecule has 0 unspecified atom stereocenters. The lowest BCUT2D eigenvalue weighted by Gasteiger charge is -2.11. The second kappa shape index (κ2) is 12.3. The summed E-state index contributed by atoms with van der Waals surface area (Å²) in [5, 5.41) is 6.17. The SMILES string of the molecule is CCCCOC(=O)c1ccc2nc(NC(=S)NC(=O)c3cc(OCC)cc(OCC)c3)sc2c1. The number of amides is 1. The molecule has 2 N–H and O–H groups in total. The number of anilines is 1. The summed E-state index contributed by atoms with van der Waals surface area (Å²) in [6.07, 6.45) is 1.78. The largest absolute Gasteiger partial charge is 0.494 e. The molecular weight excluding hydrogens is 474 g/mol. The van der Waals surface area contributed by atoms with Crippen LogP contribution in [-0.2, 0) is 4.74 Å². The fourth-order valence-electron chi connectivity index (χ4n) is 3.00. The molecule has 1 amide bonds. The van der Waals surface area contributed by atoms with Crippen molar-refractivity contribution < 1.29 is 23.8 Å². The molecule has 8 nitrogen and oxygen atoms in total. The molecule has 10 heteroatoms. The Bertz CT molecular complexity index is 1150. The van der Waals surface area contributed by atoms with Crippen molar-refractivity contribution in [1.82, 2.24) is 10.3 Å². The fourth-order valence-corrected chi connectivity index (χ4v) is 4.17. The summed E-state index contributed by atoms with van der Waals surface area (Å²) in [7, 11) is 0. The van der Waals surface area contributed by atoms with Crippen LogP contribution >= 0.6 is 23.6 Å². The molecule has 3 aromatic rings. The van der Waals surface area contributed by atoms with E-state index in [4.69, 9.17) is 26.4 Å². The molecule has 0 aliphatic heterocycles. The molecule has 180 valence electrons. The smallest absolute Gasteiger partial charge is 0.338 e. The van der Waals surface area contributed by atoms with Crippen LogP contribution in [0.15, 0.2) is 36.4 Å². The Morgan fingerprint density at radius 2 is 1.71 bits per heavy atom. The Labute approximate surface area is 207 Å². The average Bonchev–Trinajstić information content (AvgIpc) is 3.20. The Kier molecular flexibility index (Phi) is 9.17. The van der Waals surface area contributed by atoms with Gasteiger partial charge < -0.3 is 19.5 Å². The Hall–Kier alpha value is -3.24. The number of carbonyl (C=O) groups excluding carboxylic acids is 2. The first-order valence-corrected chi connectivity index (χ1v) is 12.3. The van der Waals surface area contributed by atoms with E-state index >= 15 is 0 Å². The van der Waals surface area contributed by atoms with Gasteiger partial charge in [-0.25, -0.2) is 9.78 Å². The van der Waals surface area contributed by atoms with Crippen LogP contribution in [-0.4, -0.2) is 41.8 Å². The van der Waals surface area contributed by atoms with E-state index in [1.165, 1.54) is 11.3 Å². The highest BCUT2D eigenvalue weighted by Crippen LogP contribution is 2.27. The number of fused-ring (bicyclic) bond motifs is 1. The number of thiazole rings is 1. The summed E-state index contributed by atoms with van der Waals surface area (Å²) in [6, 6.07) is 10.2. The van der Waals surface area contributed by atoms with Gasteiger partial charge in [0.15, 0.2) is 10.2 Å². The van der Waals surface area contributed by atoms with Gasteiger partial charge in [-0.1, -0.05) is 24.7 Å². The van der Waals surface area contributed by atoms with E-state index in [1.807, 2.05) is 20.8 Å². The van der Waals surface area contributed by atoms with Gasteiger partial charge in [0.1, 0.15) is 11.5 Å². The molecule has 2 aromatic carbocycles. The highest BCUT2D eigenvalue weighted by molar-refractivity contribution is 7.80. The number of hydrogen-bond donors (Lipinski definition) is 2. The van der Waals surface area contributed by atoms with Gasteiger partial charge in [-0.05, 0) is 62.8 Å². The lowest BCUT2D eigenvalue weighted by Crippen LogP contribution is -2.34. The summed E-state index contributed by atoms with van der Waals surface area (Å²) in [5.41, 5.74) is 1.53. The number of thiocarbonyl (C=S) groups is 1. The molecule has 0 saturated heterocycles. The fraction of sp³-hybridized carbons (Fsp3) is 0.333. The van der Waals surface area contributed by atoms with Crippen LogP contribution in [0.2, 0.25) is 0 Å². The number of rotatable bonds is 10. The summed E-state index contributed by atoms with van der Waals surface area (Å²) >= 11 is 6.62. The first-order valence-electron chi connectivity index (χ1n) is 11.0. The second-order valence-electron chi connectivity index (χ2n) is 7.16. The van der Waals surface area contributed by atoms with Crippen LogP contribution in [0.5, 0.6) is 11.5 Å². The van der Waals surface area contributed by atoms with Crippen LogP contribution in [0, 0.1) is 0 Å². The predicted molar refractivity (Wildman–Crippen MR) is 137 cm³/mol. The number of hydrogen-bond acceptors (Lipinski definition) is 8. The van der Waals surface area contributed by atoms with Crippen molar-refractivity contribution in [2.24, 2.45) is 0 Å². The first kappa shape index (κ1) is 25.4. The highest BCUT2D eigenvalue weighted by atomic mass is 32.1. The van der Waals surface area contributed by atoms with E-state index in [-0.39, 0.29) is 11.1 Å². The van der Waals surface area contributed by atoms with E-state index in [9.17, 15) is 9.59 Å². The maximum absolute atomic E-state index is 12.7. The molecule has 1 aromatic heterocycles. The van der Waals surface area contributed by atoms with Gasteiger partial charge in [0, 0.05) is 11.6 Å². The molecule has 0 atom stereocenters. The van der Waals surface area contributed by atoms with Crippen LogP contribution < -0.4 is 20.1 Å². The van der Waals surface area contributed by atoms with E-state index in [2.05, 4.69) is 15.6 Å². The molecule has 0 aliphatic rings. The topological polar surface area (TPSA) is 98.8 Å². The van der Waals surface area contributed by atoms with Crippen molar-refractivity contribution in [1.29, 1.82) is 0 Å². The molecule has 0 bridgehead atoms.